The number of nitrogens with one attached hydrogen (secondary N) is 3. The first kappa shape index (κ1) is 23.0. The Morgan fingerprint density at radius 3 is 2.45 bits per heavy atom. The first-order valence-corrected chi connectivity index (χ1v) is 11.1. The van der Waals surface area contributed by atoms with Gasteiger partial charge in [0.2, 0.25) is 10.0 Å². The molecule has 0 radical (unpaired) electrons. The Labute approximate surface area is 170 Å². The van der Waals surface area contributed by atoms with E-state index in [1.54, 1.807) is 43.5 Å². The van der Waals surface area contributed by atoms with Crippen molar-refractivity contribution in [2.75, 3.05) is 18.4 Å². The van der Waals surface area contributed by atoms with E-state index in [1.165, 1.54) is 0 Å². The van der Waals surface area contributed by atoms with E-state index in [4.69, 9.17) is 4.42 Å². The normalized spacial score (nSPS) is 12.5. The minimum Gasteiger partial charge on any atom is -0.408 e. The summed E-state index contributed by atoms with van der Waals surface area (Å²) >= 11 is 0. The van der Waals surface area contributed by atoms with Crippen LogP contribution in [-0.2, 0) is 10.0 Å². The SMILES string of the molecule is CC(C)n1c(=O)oc2cc(NC(=O)NCCCCNS(=O)(=O)C(C)(C)C)ccc21. The van der Waals surface area contributed by atoms with Crippen LogP contribution in [0.2, 0.25) is 0 Å². The topological polar surface area (TPSA) is 122 Å². The highest BCUT2D eigenvalue weighted by Gasteiger charge is 2.27. The van der Waals surface area contributed by atoms with E-state index in [0.29, 0.717) is 42.7 Å². The number of sulfonamides is 1. The van der Waals surface area contributed by atoms with Gasteiger partial charge in [-0.3, -0.25) is 4.57 Å². The zero-order valence-electron chi connectivity index (χ0n) is 17.5. The average molecular weight is 427 g/mol. The van der Waals surface area contributed by atoms with Crippen molar-refractivity contribution in [3.8, 4) is 0 Å². The highest BCUT2D eigenvalue weighted by Crippen LogP contribution is 2.20. The van der Waals surface area contributed by atoms with Crippen LogP contribution in [0.3, 0.4) is 0 Å². The van der Waals surface area contributed by atoms with Crippen LogP contribution in [0.15, 0.2) is 27.4 Å². The Morgan fingerprint density at radius 2 is 1.83 bits per heavy atom. The standard InChI is InChI=1S/C19H30N4O5S/c1-13(2)23-15-9-8-14(12-16(15)28-18(23)25)22-17(24)20-10-6-7-11-21-29(26,27)19(3,4)5/h8-9,12-13,21H,6-7,10-11H2,1-5H3,(H2,20,22,24). The van der Waals surface area contributed by atoms with Gasteiger partial charge >= 0.3 is 11.8 Å². The Bertz CT molecular complexity index is 1020. The van der Waals surface area contributed by atoms with Gasteiger partial charge in [-0.2, -0.15) is 0 Å². The van der Waals surface area contributed by atoms with E-state index in [1.807, 2.05) is 13.8 Å². The minimum atomic E-state index is -3.35. The summed E-state index contributed by atoms with van der Waals surface area (Å²) in [6, 6.07) is 4.63. The maximum absolute atomic E-state index is 12.0. The van der Waals surface area contributed by atoms with Crippen molar-refractivity contribution in [2.45, 2.75) is 58.2 Å². The van der Waals surface area contributed by atoms with Gasteiger partial charge in [0.05, 0.1) is 10.3 Å². The summed E-state index contributed by atoms with van der Waals surface area (Å²) in [7, 11) is -3.35. The number of carbonyl (C=O) groups excluding carboxylic acids is 1. The number of unbranched alkanes of at least 4 members (excludes halogenated alkanes) is 1. The third-order valence-corrected chi connectivity index (χ3v) is 6.57. The van der Waals surface area contributed by atoms with E-state index in [9.17, 15) is 18.0 Å². The van der Waals surface area contributed by atoms with Gasteiger partial charge in [0.1, 0.15) is 0 Å². The molecule has 10 heteroatoms. The molecular weight excluding hydrogens is 396 g/mol. The van der Waals surface area contributed by atoms with Gasteiger partial charge in [0, 0.05) is 30.9 Å². The monoisotopic (exact) mass is 426 g/mol. The fourth-order valence-corrected chi connectivity index (χ4v) is 3.50. The fourth-order valence-electron chi connectivity index (χ4n) is 2.65. The third-order valence-electron chi connectivity index (χ3n) is 4.37. The van der Waals surface area contributed by atoms with Crippen molar-refractivity contribution in [1.29, 1.82) is 0 Å². The Morgan fingerprint density at radius 1 is 1.17 bits per heavy atom. The molecule has 0 spiro atoms. The summed E-state index contributed by atoms with van der Waals surface area (Å²) in [6.45, 7) is 9.44. The molecular formula is C19H30N4O5S. The summed E-state index contributed by atoms with van der Waals surface area (Å²) in [5.74, 6) is -0.432. The Kier molecular flexibility index (Phi) is 7.12. The third kappa shape index (κ3) is 5.83. The first-order valence-electron chi connectivity index (χ1n) is 9.61. The molecule has 9 nitrogen and oxygen atoms in total. The molecule has 29 heavy (non-hydrogen) atoms. The summed E-state index contributed by atoms with van der Waals surface area (Å²) in [5, 5.41) is 5.41. The van der Waals surface area contributed by atoms with E-state index >= 15 is 0 Å². The zero-order chi connectivity index (χ0) is 21.8. The molecule has 2 amide bonds. The van der Waals surface area contributed by atoms with Gasteiger partial charge in [-0.1, -0.05) is 0 Å². The van der Waals surface area contributed by atoms with Gasteiger partial charge in [-0.25, -0.2) is 22.7 Å². The summed E-state index contributed by atoms with van der Waals surface area (Å²) < 4.78 is 32.4. The second-order valence-corrected chi connectivity index (χ2v) is 10.6. The Hall–Kier alpha value is -2.33. The molecule has 3 N–H and O–H groups in total. The maximum Gasteiger partial charge on any atom is 0.420 e. The zero-order valence-corrected chi connectivity index (χ0v) is 18.4. The molecule has 0 aliphatic carbocycles. The van der Waals surface area contributed by atoms with Crippen molar-refractivity contribution in [2.24, 2.45) is 0 Å². The van der Waals surface area contributed by atoms with Crippen LogP contribution >= 0.6 is 0 Å². The molecule has 0 aliphatic heterocycles. The van der Waals surface area contributed by atoms with E-state index < -0.39 is 20.5 Å². The first-order chi connectivity index (χ1) is 13.4. The average Bonchev–Trinajstić information content (AvgIpc) is 2.92. The Balaban J connectivity index is 1.79. The number of hydrogen-bond donors (Lipinski definition) is 3. The van der Waals surface area contributed by atoms with Crippen LogP contribution in [0.5, 0.6) is 0 Å². The molecule has 0 bridgehead atoms. The van der Waals surface area contributed by atoms with Crippen LogP contribution < -0.4 is 21.1 Å². The van der Waals surface area contributed by atoms with Crippen LogP contribution in [-0.4, -0.2) is 36.9 Å². The number of fused-ring (bicyclic) bond motifs is 1. The van der Waals surface area contributed by atoms with Crippen molar-refractivity contribution in [3.63, 3.8) is 0 Å². The molecule has 0 fully saturated rings. The molecule has 0 atom stereocenters. The van der Waals surface area contributed by atoms with Gasteiger partial charge in [-0.15, -0.1) is 0 Å². The number of aromatic nitrogens is 1. The number of urea groups is 1. The van der Waals surface area contributed by atoms with Crippen LogP contribution in [0, 0.1) is 0 Å². The fraction of sp³-hybridized carbons (Fsp3) is 0.579. The predicted octanol–water partition coefficient (Wildman–Crippen LogP) is 2.80. The molecule has 0 unspecified atom stereocenters. The molecule has 2 rings (SSSR count). The molecule has 162 valence electrons. The lowest BCUT2D eigenvalue weighted by Crippen LogP contribution is -2.39. The van der Waals surface area contributed by atoms with Crippen LogP contribution in [0.25, 0.3) is 11.1 Å². The minimum absolute atomic E-state index is 0.0290. The second kappa shape index (κ2) is 9.00. The number of rotatable bonds is 8. The van der Waals surface area contributed by atoms with Gasteiger partial charge in [0.15, 0.2) is 5.58 Å². The number of anilines is 1. The summed E-state index contributed by atoms with van der Waals surface area (Å²) in [5.41, 5.74) is 1.60. The number of amides is 2. The smallest absolute Gasteiger partial charge is 0.408 e. The number of hydrogen-bond acceptors (Lipinski definition) is 5. The van der Waals surface area contributed by atoms with E-state index in [0.717, 1.165) is 0 Å². The number of nitrogens with zero attached hydrogens (tertiary/aromatic N) is 1. The van der Waals surface area contributed by atoms with Crippen molar-refractivity contribution >= 4 is 32.8 Å². The molecule has 0 saturated carbocycles. The maximum atomic E-state index is 12.0. The highest BCUT2D eigenvalue weighted by atomic mass is 32.2. The van der Waals surface area contributed by atoms with Crippen LogP contribution in [0.1, 0.15) is 53.5 Å². The van der Waals surface area contributed by atoms with Crippen molar-refractivity contribution in [1.82, 2.24) is 14.6 Å². The quantitative estimate of drug-likeness (QED) is 0.560. The van der Waals surface area contributed by atoms with Crippen molar-refractivity contribution < 1.29 is 17.6 Å². The van der Waals surface area contributed by atoms with Gasteiger partial charge in [0.25, 0.3) is 0 Å². The molecule has 0 saturated heterocycles. The largest absolute Gasteiger partial charge is 0.420 e. The molecule has 2 aromatic rings. The highest BCUT2D eigenvalue weighted by molar-refractivity contribution is 7.90. The molecule has 1 heterocycles. The van der Waals surface area contributed by atoms with Gasteiger partial charge in [-0.05, 0) is 59.6 Å². The number of oxazole rings is 1. The number of benzene rings is 1. The molecule has 1 aromatic carbocycles. The lowest BCUT2D eigenvalue weighted by Gasteiger charge is -2.19. The summed E-state index contributed by atoms with van der Waals surface area (Å²) in [6.07, 6.45) is 1.24. The van der Waals surface area contributed by atoms with Gasteiger partial charge < -0.3 is 15.1 Å². The molecule has 0 aliphatic rings. The second-order valence-electron chi connectivity index (χ2n) is 8.11. The summed E-state index contributed by atoms with van der Waals surface area (Å²) in [4.78, 5) is 23.9. The molecule has 1 aromatic heterocycles. The van der Waals surface area contributed by atoms with E-state index in [-0.39, 0.29) is 12.1 Å². The van der Waals surface area contributed by atoms with Crippen molar-refractivity contribution in [3.05, 3.63) is 28.7 Å². The van der Waals surface area contributed by atoms with E-state index in [2.05, 4.69) is 15.4 Å². The lowest BCUT2D eigenvalue weighted by molar-refractivity contribution is 0.252. The van der Waals surface area contributed by atoms with Crippen LogP contribution in [0.4, 0.5) is 10.5 Å². The lowest BCUT2D eigenvalue weighted by atomic mass is 10.2. The number of carbonyl (C=O) groups is 1. The predicted molar refractivity (Wildman–Crippen MR) is 114 cm³/mol.